The number of likely N-dealkylation sites (tertiary alicyclic amines) is 1. The van der Waals surface area contributed by atoms with E-state index < -0.39 is 0 Å². The standard InChI is InChI=1S/C14H28N4O2.HI/c1-3-20-11-7-8-16-14(15-2)17-12-13(19)18-9-5-4-6-10-18;/h3-12H2,1-2H3,(H2,15,16,17);1H. The molecule has 21 heavy (non-hydrogen) atoms. The molecule has 0 spiro atoms. The molecule has 1 aliphatic rings. The number of ether oxygens (including phenoxy) is 1. The van der Waals surface area contributed by atoms with E-state index in [-0.39, 0.29) is 29.9 Å². The molecule has 124 valence electrons. The zero-order valence-corrected chi connectivity index (χ0v) is 15.5. The maximum atomic E-state index is 12.0. The van der Waals surface area contributed by atoms with Crippen LogP contribution in [-0.4, -0.2) is 63.2 Å². The number of guanidine groups is 1. The summed E-state index contributed by atoms with van der Waals surface area (Å²) >= 11 is 0. The van der Waals surface area contributed by atoms with Crippen molar-refractivity contribution < 1.29 is 9.53 Å². The second-order valence-corrected chi connectivity index (χ2v) is 4.84. The van der Waals surface area contributed by atoms with Crippen LogP contribution >= 0.6 is 24.0 Å². The highest BCUT2D eigenvalue weighted by Gasteiger charge is 2.16. The first kappa shape index (κ1) is 20.4. The fourth-order valence-corrected chi connectivity index (χ4v) is 2.16. The van der Waals surface area contributed by atoms with Gasteiger partial charge in [-0.05, 0) is 32.6 Å². The topological polar surface area (TPSA) is 66.0 Å². The highest BCUT2D eigenvalue weighted by Crippen LogP contribution is 2.08. The van der Waals surface area contributed by atoms with E-state index in [1.807, 2.05) is 11.8 Å². The largest absolute Gasteiger partial charge is 0.382 e. The first-order chi connectivity index (χ1) is 9.77. The summed E-state index contributed by atoms with van der Waals surface area (Å²) in [5.41, 5.74) is 0. The van der Waals surface area contributed by atoms with Crippen LogP contribution in [0.4, 0.5) is 0 Å². The number of hydrogen-bond donors (Lipinski definition) is 2. The molecule has 1 rings (SSSR count). The highest BCUT2D eigenvalue weighted by atomic mass is 127. The summed E-state index contributed by atoms with van der Waals surface area (Å²) in [7, 11) is 1.71. The van der Waals surface area contributed by atoms with Crippen molar-refractivity contribution in [3.8, 4) is 0 Å². The Labute approximate surface area is 145 Å². The second kappa shape index (κ2) is 13.1. The molecule has 7 heteroatoms. The van der Waals surface area contributed by atoms with Crippen molar-refractivity contribution in [1.82, 2.24) is 15.5 Å². The number of aliphatic imine (C=N–C) groups is 1. The minimum absolute atomic E-state index is 0. The Bertz CT molecular complexity index is 307. The van der Waals surface area contributed by atoms with E-state index in [0.29, 0.717) is 12.5 Å². The second-order valence-electron chi connectivity index (χ2n) is 4.84. The van der Waals surface area contributed by atoms with E-state index in [0.717, 1.165) is 52.1 Å². The van der Waals surface area contributed by atoms with Crippen molar-refractivity contribution >= 4 is 35.8 Å². The molecule has 1 heterocycles. The predicted octanol–water partition coefficient (Wildman–Crippen LogP) is 1.21. The van der Waals surface area contributed by atoms with Crippen molar-refractivity contribution in [3.05, 3.63) is 0 Å². The number of amides is 1. The number of piperidine rings is 1. The monoisotopic (exact) mass is 412 g/mol. The Hall–Kier alpha value is -0.570. The SMILES string of the molecule is CCOCCCNC(=NC)NCC(=O)N1CCCCC1.I. The minimum Gasteiger partial charge on any atom is -0.382 e. The van der Waals surface area contributed by atoms with Crippen LogP contribution in [0.25, 0.3) is 0 Å². The molecule has 0 aromatic rings. The molecular weight excluding hydrogens is 383 g/mol. The minimum atomic E-state index is 0. The predicted molar refractivity (Wildman–Crippen MR) is 96.3 cm³/mol. The lowest BCUT2D eigenvalue weighted by atomic mass is 10.1. The first-order valence-electron chi connectivity index (χ1n) is 7.58. The summed E-state index contributed by atoms with van der Waals surface area (Å²) in [6, 6.07) is 0. The van der Waals surface area contributed by atoms with E-state index in [1.165, 1.54) is 6.42 Å². The van der Waals surface area contributed by atoms with Gasteiger partial charge in [0.25, 0.3) is 0 Å². The number of carbonyl (C=O) groups excluding carboxylic acids is 1. The van der Waals surface area contributed by atoms with Crippen LogP contribution in [0.5, 0.6) is 0 Å². The molecule has 0 aromatic heterocycles. The summed E-state index contributed by atoms with van der Waals surface area (Å²) in [5.74, 6) is 0.828. The summed E-state index contributed by atoms with van der Waals surface area (Å²) in [5, 5.41) is 6.24. The Morgan fingerprint density at radius 3 is 2.57 bits per heavy atom. The van der Waals surface area contributed by atoms with E-state index in [1.54, 1.807) is 7.05 Å². The normalized spacial score (nSPS) is 15.3. The smallest absolute Gasteiger partial charge is 0.241 e. The molecular formula is C14H29IN4O2. The summed E-state index contributed by atoms with van der Waals surface area (Å²) < 4.78 is 5.27. The van der Waals surface area contributed by atoms with Gasteiger partial charge in [-0.2, -0.15) is 0 Å². The summed E-state index contributed by atoms with van der Waals surface area (Å²) in [4.78, 5) is 18.0. The third kappa shape index (κ3) is 9.13. The number of halogens is 1. The van der Waals surface area contributed by atoms with Gasteiger partial charge in [-0.25, -0.2) is 0 Å². The number of nitrogens with zero attached hydrogens (tertiary/aromatic N) is 2. The number of hydrogen-bond acceptors (Lipinski definition) is 3. The van der Waals surface area contributed by atoms with Crippen LogP contribution in [0.3, 0.4) is 0 Å². The zero-order valence-electron chi connectivity index (χ0n) is 13.2. The molecule has 0 bridgehead atoms. The van der Waals surface area contributed by atoms with Crippen molar-refractivity contribution in [2.24, 2.45) is 4.99 Å². The van der Waals surface area contributed by atoms with Gasteiger partial charge in [0, 0.05) is 39.9 Å². The van der Waals surface area contributed by atoms with Gasteiger partial charge in [0.05, 0.1) is 6.54 Å². The molecule has 1 fully saturated rings. The van der Waals surface area contributed by atoms with Crippen molar-refractivity contribution in [3.63, 3.8) is 0 Å². The van der Waals surface area contributed by atoms with Gasteiger partial charge >= 0.3 is 0 Å². The van der Waals surface area contributed by atoms with Gasteiger partial charge in [-0.3, -0.25) is 9.79 Å². The lowest BCUT2D eigenvalue weighted by Crippen LogP contribution is -2.46. The number of rotatable bonds is 7. The molecule has 0 aromatic carbocycles. The van der Waals surface area contributed by atoms with Gasteiger partial charge in [0.2, 0.25) is 5.91 Å². The maximum Gasteiger partial charge on any atom is 0.241 e. The van der Waals surface area contributed by atoms with E-state index in [9.17, 15) is 4.79 Å². The number of nitrogens with one attached hydrogen (secondary N) is 2. The fourth-order valence-electron chi connectivity index (χ4n) is 2.16. The van der Waals surface area contributed by atoms with Crippen LogP contribution < -0.4 is 10.6 Å². The van der Waals surface area contributed by atoms with Gasteiger partial charge in [0.15, 0.2) is 5.96 Å². The molecule has 1 saturated heterocycles. The third-order valence-electron chi connectivity index (χ3n) is 3.30. The molecule has 0 unspecified atom stereocenters. The van der Waals surface area contributed by atoms with Crippen LogP contribution in [0.15, 0.2) is 4.99 Å². The average Bonchev–Trinajstić information content (AvgIpc) is 2.50. The van der Waals surface area contributed by atoms with Crippen LogP contribution in [0.1, 0.15) is 32.6 Å². The van der Waals surface area contributed by atoms with E-state index >= 15 is 0 Å². The molecule has 0 aliphatic carbocycles. The van der Waals surface area contributed by atoms with Crippen LogP contribution in [0.2, 0.25) is 0 Å². The third-order valence-corrected chi connectivity index (χ3v) is 3.30. The Morgan fingerprint density at radius 2 is 1.95 bits per heavy atom. The average molecular weight is 412 g/mol. The molecule has 0 radical (unpaired) electrons. The lowest BCUT2D eigenvalue weighted by Gasteiger charge is -2.27. The fraction of sp³-hybridized carbons (Fsp3) is 0.857. The maximum absolute atomic E-state index is 12.0. The quantitative estimate of drug-likeness (QED) is 0.286. The van der Waals surface area contributed by atoms with Crippen molar-refractivity contribution in [2.45, 2.75) is 32.6 Å². The summed E-state index contributed by atoms with van der Waals surface area (Å²) in [6.45, 7) is 6.36. The molecule has 1 aliphatic heterocycles. The molecule has 6 nitrogen and oxygen atoms in total. The molecule has 1 amide bonds. The molecule has 2 N–H and O–H groups in total. The van der Waals surface area contributed by atoms with Crippen molar-refractivity contribution in [1.29, 1.82) is 0 Å². The molecule has 0 saturated carbocycles. The first-order valence-corrected chi connectivity index (χ1v) is 7.58. The van der Waals surface area contributed by atoms with Gasteiger partial charge in [-0.15, -0.1) is 24.0 Å². The lowest BCUT2D eigenvalue weighted by molar-refractivity contribution is -0.130. The van der Waals surface area contributed by atoms with Gasteiger partial charge < -0.3 is 20.3 Å². The van der Waals surface area contributed by atoms with Crippen LogP contribution in [0, 0.1) is 0 Å². The van der Waals surface area contributed by atoms with Crippen molar-refractivity contribution in [2.75, 3.05) is 46.4 Å². The summed E-state index contributed by atoms with van der Waals surface area (Å²) in [6.07, 6.45) is 4.40. The van der Waals surface area contributed by atoms with E-state index in [4.69, 9.17) is 4.74 Å². The van der Waals surface area contributed by atoms with Crippen LogP contribution in [-0.2, 0) is 9.53 Å². The van der Waals surface area contributed by atoms with Gasteiger partial charge in [0.1, 0.15) is 0 Å². The van der Waals surface area contributed by atoms with E-state index in [2.05, 4.69) is 15.6 Å². The number of carbonyl (C=O) groups is 1. The zero-order chi connectivity index (χ0) is 14.6. The Morgan fingerprint density at radius 1 is 1.24 bits per heavy atom. The molecule has 0 atom stereocenters. The Kier molecular flexibility index (Phi) is 12.8. The highest BCUT2D eigenvalue weighted by molar-refractivity contribution is 14.0. The van der Waals surface area contributed by atoms with Gasteiger partial charge in [-0.1, -0.05) is 0 Å². The Balaban J connectivity index is 0.00000400.